The van der Waals surface area contributed by atoms with Crippen LogP contribution in [0.2, 0.25) is 0 Å². The number of halogens is 1. The van der Waals surface area contributed by atoms with Crippen molar-refractivity contribution < 1.29 is 0 Å². The molecule has 0 aliphatic heterocycles. The maximum absolute atomic E-state index is 4.38. The molecule has 0 fully saturated rings. The lowest BCUT2D eigenvalue weighted by molar-refractivity contribution is 0.375. The highest BCUT2D eigenvalue weighted by Gasteiger charge is 2.22. The number of rotatable bonds is 3. The van der Waals surface area contributed by atoms with Crippen molar-refractivity contribution in [3.05, 3.63) is 46.5 Å². The standard InChI is InChI=1S/C16H22BrN3/c1-11-6-7-13(8-12(11)2)9-14-18-19-15(10-17)20(14)16(3,4)5/h6-8H,9-10H2,1-5H3. The minimum absolute atomic E-state index is 0.0122. The molecule has 2 rings (SSSR count). The normalized spacial score (nSPS) is 11.9. The fourth-order valence-electron chi connectivity index (χ4n) is 2.43. The van der Waals surface area contributed by atoms with Gasteiger partial charge in [0, 0.05) is 12.0 Å². The molecular weight excluding hydrogens is 314 g/mol. The van der Waals surface area contributed by atoms with Gasteiger partial charge in [0.15, 0.2) is 0 Å². The van der Waals surface area contributed by atoms with Crippen LogP contribution >= 0.6 is 15.9 Å². The van der Waals surface area contributed by atoms with Crippen molar-refractivity contribution in [1.82, 2.24) is 14.8 Å². The van der Waals surface area contributed by atoms with Crippen LogP contribution in [0.3, 0.4) is 0 Å². The zero-order valence-electron chi connectivity index (χ0n) is 12.9. The van der Waals surface area contributed by atoms with Crippen molar-refractivity contribution in [2.75, 3.05) is 0 Å². The fourth-order valence-corrected chi connectivity index (χ4v) is 2.79. The SMILES string of the molecule is Cc1ccc(Cc2nnc(CBr)n2C(C)(C)C)cc1C. The van der Waals surface area contributed by atoms with Crippen LogP contribution in [0, 0.1) is 13.8 Å². The molecule has 0 aliphatic carbocycles. The monoisotopic (exact) mass is 335 g/mol. The van der Waals surface area contributed by atoms with Crippen molar-refractivity contribution in [2.45, 2.75) is 51.9 Å². The number of nitrogens with zero attached hydrogens (tertiary/aromatic N) is 3. The number of aromatic nitrogens is 3. The van der Waals surface area contributed by atoms with Gasteiger partial charge in [-0.25, -0.2) is 0 Å². The largest absolute Gasteiger partial charge is 0.309 e. The molecular formula is C16H22BrN3. The second kappa shape index (κ2) is 5.68. The highest BCUT2D eigenvalue weighted by atomic mass is 79.9. The second-order valence-electron chi connectivity index (χ2n) is 6.27. The number of hydrogen-bond acceptors (Lipinski definition) is 2. The lowest BCUT2D eigenvalue weighted by Crippen LogP contribution is -2.26. The lowest BCUT2D eigenvalue weighted by atomic mass is 10.0. The predicted molar refractivity (Wildman–Crippen MR) is 86.4 cm³/mol. The molecule has 1 aromatic carbocycles. The van der Waals surface area contributed by atoms with Crippen LogP contribution in [0.5, 0.6) is 0 Å². The summed E-state index contributed by atoms with van der Waals surface area (Å²) in [6.07, 6.45) is 0.818. The van der Waals surface area contributed by atoms with Crippen molar-refractivity contribution >= 4 is 15.9 Å². The predicted octanol–water partition coefficient (Wildman–Crippen LogP) is 4.14. The average molecular weight is 336 g/mol. The molecule has 0 radical (unpaired) electrons. The molecule has 0 saturated carbocycles. The number of benzene rings is 1. The Balaban J connectivity index is 2.38. The molecule has 2 aromatic rings. The van der Waals surface area contributed by atoms with E-state index in [1.54, 1.807) is 0 Å². The lowest BCUT2D eigenvalue weighted by Gasteiger charge is -2.24. The van der Waals surface area contributed by atoms with Crippen LogP contribution < -0.4 is 0 Å². The molecule has 0 aliphatic rings. The highest BCUT2D eigenvalue weighted by molar-refractivity contribution is 9.08. The van der Waals surface area contributed by atoms with Gasteiger partial charge in [-0.05, 0) is 51.3 Å². The van der Waals surface area contributed by atoms with Crippen molar-refractivity contribution in [2.24, 2.45) is 0 Å². The third-order valence-electron chi connectivity index (χ3n) is 3.52. The summed E-state index contributed by atoms with van der Waals surface area (Å²) in [5.74, 6) is 2.01. The number of aryl methyl sites for hydroxylation is 2. The van der Waals surface area contributed by atoms with Gasteiger partial charge in [-0.2, -0.15) is 0 Å². The minimum Gasteiger partial charge on any atom is -0.309 e. The Bertz CT molecular complexity index is 609. The third-order valence-corrected chi connectivity index (χ3v) is 4.02. The Morgan fingerprint density at radius 2 is 1.70 bits per heavy atom. The van der Waals surface area contributed by atoms with Crippen LogP contribution in [0.4, 0.5) is 0 Å². The van der Waals surface area contributed by atoms with E-state index < -0.39 is 0 Å². The summed E-state index contributed by atoms with van der Waals surface area (Å²) in [6.45, 7) is 10.8. The Kier molecular flexibility index (Phi) is 4.33. The maximum atomic E-state index is 4.38. The van der Waals surface area contributed by atoms with E-state index in [1.165, 1.54) is 16.7 Å². The first-order valence-corrected chi connectivity index (χ1v) is 8.01. The first-order valence-electron chi connectivity index (χ1n) is 6.88. The summed E-state index contributed by atoms with van der Waals surface area (Å²) in [5.41, 5.74) is 3.92. The topological polar surface area (TPSA) is 30.7 Å². The molecule has 0 atom stereocenters. The summed E-state index contributed by atoms with van der Waals surface area (Å²) in [5, 5.41) is 9.41. The average Bonchev–Trinajstić information content (AvgIpc) is 2.76. The molecule has 0 amide bonds. The Hall–Kier alpha value is -1.16. The van der Waals surface area contributed by atoms with Crippen LogP contribution in [-0.4, -0.2) is 14.8 Å². The van der Waals surface area contributed by atoms with Crippen LogP contribution in [0.15, 0.2) is 18.2 Å². The van der Waals surface area contributed by atoms with E-state index in [-0.39, 0.29) is 5.54 Å². The summed E-state index contributed by atoms with van der Waals surface area (Å²) >= 11 is 3.50. The van der Waals surface area contributed by atoms with E-state index in [2.05, 4.69) is 83.5 Å². The van der Waals surface area contributed by atoms with Gasteiger partial charge in [-0.15, -0.1) is 10.2 Å². The van der Waals surface area contributed by atoms with Gasteiger partial charge < -0.3 is 4.57 Å². The van der Waals surface area contributed by atoms with E-state index in [9.17, 15) is 0 Å². The highest BCUT2D eigenvalue weighted by Crippen LogP contribution is 2.22. The summed E-state index contributed by atoms with van der Waals surface area (Å²) in [7, 11) is 0. The smallest absolute Gasteiger partial charge is 0.144 e. The molecule has 0 N–H and O–H groups in total. The van der Waals surface area contributed by atoms with Crippen molar-refractivity contribution in [3.8, 4) is 0 Å². The molecule has 20 heavy (non-hydrogen) atoms. The summed E-state index contributed by atoms with van der Waals surface area (Å²) < 4.78 is 2.23. The van der Waals surface area contributed by atoms with E-state index in [0.29, 0.717) is 0 Å². The molecule has 1 aromatic heterocycles. The fraction of sp³-hybridized carbons (Fsp3) is 0.500. The van der Waals surface area contributed by atoms with Gasteiger partial charge in [-0.1, -0.05) is 34.1 Å². The van der Waals surface area contributed by atoms with Crippen molar-refractivity contribution in [1.29, 1.82) is 0 Å². The zero-order valence-corrected chi connectivity index (χ0v) is 14.5. The van der Waals surface area contributed by atoms with Crippen LogP contribution in [-0.2, 0) is 17.3 Å². The van der Waals surface area contributed by atoms with Crippen LogP contribution in [0.25, 0.3) is 0 Å². The molecule has 0 unspecified atom stereocenters. The van der Waals surface area contributed by atoms with Crippen molar-refractivity contribution in [3.63, 3.8) is 0 Å². The van der Waals surface area contributed by atoms with Gasteiger partial charge in [0.2, 0.25) is 0 Å². The molecule has 0 spiro atoms. The Morgan fingerprint density at radius 3 is 2.25 bits per heavy atom. The van der Waals surface area contributed by atoms with Gasteiger partial charge >= 0.3 is 0 Å². The van der Waals surface area contributed by atoms with E-state index >= 15 is 0 Å². The molecule has 108 valence electrons. The summed E-state index contributed by atoms with van der Waals surface area (Å²) in [6, 6.07) is 6.59. The third kappa shape index (κ3) is 3.11. The minimum atomic E-state index is -0.0122. The molecule has 0 saturated heterocycles. The molecule has 0 bridgehead atoms. The van der Waals surface area contributed by atoms with Crippen LogP contribution in [0.1, 0.15) is 49.1 Å². The summed E-state index contributed by atoms with van der Waals surface area (Å²) in [4.78, 5) is 0. The second-order valence-corrected chi connectivity index (χ2v) is 6.83. The molecule has 3 nitrogen and oxygen atoms in total. The molecule has 4 heteroatoms. The first-order chi connectivity index (χ1) is 9.32. The van der Waals surface area contributed by atoms with E-state index in [1.807, 2.05) is 0 Å². The number of hydrogen-bond donors (Lipinski definition) is 0. The van der Waals surface area contributed by atoms with Gasteiger partial charge in [0.05, 0.1) is 5.33 Å². The first kappa shape index (κ1) is 15.2. The quantitative estimate of drug-likeness (QED) is 0.789. The van der Waals surface area contributed by atoms with Gasteiger partial charge in [0.25, 0.3) is 0 Å². The van der Waals surface area contributed by atoms with E-state index in [4.69, 9.17) is 0 Å². The zero-order chi connectivity index (χ0) is 14.9. The van der Waals surface area contributed by atoms with E-state index in [0.717, 1.165) is 23.4 Å². The Morgan fingerprint density at radius 1 is 1.05 bits per heavy atom. The van der Waals surface area contributed by atoms with Gasteiger partial charge in [0.1, 0.15) is 11.6 Å². The Labute approximate surface area is 129 Å². The molecule has 1 heterocycles. The van der Waals surface area contributed by atoms with Gasteiger partial charge in [-0.3, -0.25) is 0 Å². The maximum Gasteiger partial charge on any atom is 0.144 e. The number of alkyl halides is 1.